The van der Waals surface area contributed by atoms with Crippen LogP contribution in [0.25, 0.3) is 0 Å². The Hall–Kier alpha value is -0.930. The lowest BCUT2D eigenvalue weighted by Crippen LogP contribution is -2.38. The predicted molar refractivity (Wildman–Crippen MR) is 126 cm³/mol. The molecule has 0 unspecified atom stereocenters. The maximum Gasteiger partial charge on any atom is 0.191 e. The van der Waals surface area contributed by atoms with Crippen LogP contribution in [0.2, 0.25) is 0 Å². The van der Waals surface area contributed by atoms with E-state index >= 15 is 0 Å². The summed E-state index contributed by atoms with van der Waals surface area (Å²) < 4.78 is 24.7. The fraction of sp³-hybridized carbons (Fsp3) is 0.682. The van der Waals surface area contributed by atoms with Crippen molar-refractivity contribution in [2.45, 2.75) is 44.4 Å². The smallest absolute Gasteiger partial charge is 0.191 e. The molecule has 2 aliphatic rings. The number of hydrogen-bond donors (Lipinski definition) is 2. The third-order valence-corrected chi connectivity index (χ3v) is 5.63. The van der Waals surface area contributed by atoms with Crippen LogP contribution in [-0.4, -0.2) is 52.0 Å². The molecule has 2 fully saturated rings. The Morgan fingerprint density at radius 1 is 1.28 bits per heavy atom. The normalized spacial score (nSPS) is 18.8. The molecule has 29 heavy (non-hydrogen) atoms. The van der Waals surface area contributed by atoms with Crippen LogP contribution >= 0.6 is 24.0 Å². The number of nitrogens with one attached hydrogen (secondary N) is 2. The molecule has 0 aromatic heterocycles. The summed E-state index contributed by atoms with van der Waals surface area (Å²) >= 11 is 0. The van der Waals surface area contributed by atoms with E-state index in [4.69, 9.17) is 14.5 Å². The Morgan fingerprint density at radius 3 is 2.76 bits per heavy atom. The van der Waals surface area contributed by atoms with Gasteiger partial charge in [-0.15, -0.1) is 24.0 Å². The minimum atomic E-state index is -0.168. The van der Waals surface area contributed by atoms with Crippen LogP contribution in [0.1, 0.15) is 44.6 Å². The maximum atomic E-state index is 13.6. The topological polar surface area (TPSA) is 54.9 Å². The molecule has 1 aliphatic carbocycles. The van der Waals surface area contributed by atoms with E-state index in [1.807, 2.05) is 6.07 Å². The van der Waals surface area contributed by atoms with Crippen LogP contribution in [-0.2, 0) is 14.9 Å². The van der Waals surface area contributed by atoms with Crippen molar-refractivity contribution < 1.29 is 13.9 Å². The van der Waals surface area contributed by atoms with E-state index in [1.54, 1.807) is 12.1 Å². The summed E-state index contributed by atoms with van der Waals surface area (Å²) in [7, 11) is 0. The van der Waals surface area contributed by atoms with E-state index in [-0.39, 0.29) is 35.2 Å². The van der Waals surface area contributed by atoms with Crippen LogP contribution in [0.15, 0.2) is 29.3 Å². The van der Waals surface area contributed by atoms with Gasteiger partial charge in [-0.3, -0.25) is 4.99 Å². The zero-order valence-electron chi connectivity index (χ0n) is 17.4. The summed E-state index contributed by atoms with van der Waals surface area (Å²) in [6, 6.07) is 6.96. The van der Waals surface area contributed by atoms with Crippen molar-refractivity contribution in [1.29, 1.82) is 0 Å². The molecule has 3 rings (SSSR count). The van der Waals surface area contributed by atoms with E-state index in [9.17, 15) is 4.39 Å². The van der Waals surface area contributed by atoms with Crippen molar-refractivity contribution in [3.8, 4) is 0 Å². The summed E-state index contributed by atoms with van der Waals surface area (Å²) in [6.07, 6.45) is 5.31. The minimum Gasteiger partial charge on any atom is -0.381 e. The van der Waals surface area contributed by atoms with E-state index in [1.165, 1.54) is 6.07 Å². The molecule has 5 nitrogen and oxygen atoms in total. The Bertz CT molecular complexity index is 634. The first-order valence-electron chi connectivity index (χ1n) is 10.7. The van der Waals surface area contributed by atoms with Crippen LogP contribution < -0.4 is 10.6 Å². The van der Waals surface area contributed by atoms with Gasteiger partial charge in [0.05, 0.1) is 6.54 Å². The average Bonchev–Trinajstić information content (AvgIpc) is 3.51. The zero-order chi connectivity index (χ0) is 19.7. The lowest BCUT2D eigenvalue weighted by Gasteiger charge is -2.21. The second kappa shape index (κ2) is 12.7. The summed E-state index contributed by atoms with van der Waals surface area (Å²) in [5.74, 6) is 1.31. The van der Waals surface area contributed by atoms with Crippen LogP contribution in [0, 0.1) is 11.7 Å². The van der Waals surface area contributed by atoms with E-state index in [0.29, 0.717) is 12.5 Å². The highest BCUT2D eigenvalue weighted by Gasteiger charge is 2.44. The number of hydrogen-bond acceptors (Lipinski definition) is 3. The summed E-state index contributed by atoms with van der Waals surface area (Å²) in [6.45, 7) is 7.74. The number of ether oxygens (including phenoxy) is 2. The first-order chi connectivity index (χ1) is 13.7. The number of halogens is 2. The van der Waals surface area contributed by atoms with Crippen LogP contribution in [0.4, 0.5) is 4.39 Å². The van der Waals surface area contributed by atoms with Gasteiger partial charge in [0.2, 0.25) is 0 Å². The Morgan fingerprint density at radius 2 is 2.07 bits per heavy atom. The minimum absolute atomic E-state index is 0. The van der Waals surface area contributed by atoms with Gasteiger partial charge in [-0.05, 0) is 62.6 Å². The molecule has 0 spiro atoms. The SMILES string of the molecule is CCNC(=NCC1(c2cccc(F)c2)CC1)NCCCOCC1CCOCC1.I. The van der Waals surface area contributed by atoms with Crippen molar-refractivity contribution in [3.63, 3.8) is 0 Å². The Labute approximate surface area is 191 Å². The van der Waals surface area contributed by atoms with Gasteiger partial charge in [-0.1, -0.05) is 12.1 Å². The second-order valence-corrected chi connectivity index (χ2v) is 7.90. The third-order valence-electron chi connectivity index (χ3n) is 5.63. The molecule has 1 aromatic rings. The zero-order valence-corrected chi connectivity index (χ0v) is 19.8. The Balaban J connectivity index is 0.00000300. The van der Waals surface area contributed by atoms with Crippen molar-refractivity contribution in [3.05, 3.63) is 35.6 Å². The molecule has 2 N–H and O–H groups in total. The standard InChI is InChI=1S/C22H34FN3O2.HI/c1-2-24-21(25-11-4-12-28-16-18-7-13-27-14-8-18)26-17-22(9-10-22)19-5-3-6-20(23)15-19;/h3,5-6,15,18H,2,4,7-14,16-17H2,1H3,(H2,24,25,26);1H. The molecular weight excluding hydrogens is 484 g/mol. The summed E-state index contributed by atoms with van der Waals surface area (Å²) in [5.41, 5.74) is 1.07. The third kappa shape index (κ3) is 8.02. The van der Waals surface area contributed by atoms with Gasteiger partial charge in [0.15, 0.2) is 5.96 Å². The van der Waals surface area contributed by atoms with Crippen molar-refractivity contribution >= 4 is 29.9 Å². The molecule has 7 heteroatoms. The molecule has 1 saturated heterocycles. The van der Waals surface area contributed by atoms with Gasteiger partial charge < -0.3 is 20.1 Å². The summed E-state index contributed by atoms with van der Waals surface area (Å²) in [4.78, 5) is 4.76. The number of guanidine groups is 1. The number of nitrogens with zero attached hydrogens (tertiary/aromatic N) is 1. The van der Waals surface area contributed by atoms with Crippen LogP contribution in [0.5, 0.6) is 0 Å². The number of benzene rings is 1. The lowest BCUT2D eigenvalue weighted by atomic mass is 9.96. The molecular formula is C22H35FIN3O2. The Kier molecular flexibility index (Phi) is 10.7. The highest BCUT2D eigenvalue weighted by atomic mass is 127. The fourth-order valence-electron chi connectivity index (χ4n) is 3.62. The largest absolute Gasteiger partial charge is 0.381 e. The fourth-order valence-corrected chi connectivity index (χ4v) is 3.62. The molecule has 0 amide bonds. The molecule has 1 aliphatic heterocycles. The number of rotatable bonds is 10. The highest BCUT2D eigenvalue weighted by Crippen LogP contribution is 2.48. The van der Waals surface area contributed by atoms with Crippen molar-refractivity contribution in [1.82, 2.24) is 10.6 Å². The second-order valence-electron chi connectivity index (χ2n) is 7.90. The predicted octanol–water partition coefficient (Wildman–Crippen LogP) is 3.86. The monoisotopic (exact) mass is 519 g/mol. The maximum absolute atomic E-state index is 13.6. The van der Waals surface area contributed by atoms with Gasteiger partial charge >= 0.3 is 0 Å². The van der Waals surface area contributed by atoms with Crippen molar-refractivity contribution in [2.24, 2.45) is 10.9 Å². The average molecular weight is 519 g/mol. The first kappa shape index (κ1) is 24.3. The van der Waals surface area contributed by atoms with Gasteiger partial charge in [0.25, 0.3) is 0 Å². The molecule has 1 heterocycles. The molecule has 0 bridgehead atoms. The van der Waals surface area contributed by atoms with E-state index in [2.05, 4.69) is 17.6 Å². The molecule has 1 saturated carbocycles. The highest BCUT2D eigenvalue weighted by molar-refractivity contribution is 14.0. The van der Waals surface area contributed by atoms with E-state index < -0.39 is 0 Å². The molecule has 0 atom stereocenters. The van der Waals surface area contributed by atoms with Crippen molar-refractivity contribution in [2.75, 3.05) is 46.1 Å². The van der Waals surface area contributed by atoms with Gasteiger partial charge in [0, 0.05) is 44.9 Å². The number of aliphatic imine (C=N–C) groups is 1. The van der Waals surface area contributed by atoms with Gasteiger partial charge in [-0.25, -0.2) is 4.39 Å². The quantitative estimate of drug-likeness (QED) is 0.213. The van der Waals surface area contributed by atoms with Gasteiger partial charge in [0.1, 0.15) is 5.82 Å². The van der Waals surface area contributed by atoms with Gasteiger partial charge in [-0.2, -0.15) is 0 Å². The molecule has 1 aromatic carbocycles. The van der Waals surface area contributed by atoms with E-state index in [0.717, 1.165) is 83.1 Å². The molecule has 164 valence electrons. The summed E-state index contributed by atoms with van der Waals surface area (Å²) in [5, 5.41) is 6.69. The van der Waals surface area contributed by atoms with Crippen LogP contribution in [0.3, 0.4) is 0 Å². The molecule has 0 radical (unpaired) electrons. The lowest BCUT2D eigenvalue weighted by molar-refractivity contribution is 0.0203. The first-order valence-corrected chi connectivity index (χ1v) is 10.7.